The first-order chi connectivity index (χ1) is 8.33. The van der Waals surface area contributed by atoms with Crippen molar-refractivity contribution in [3.05, 3.63) is 12.4 Å². The van der Waals surface area contributed by atoms with Crippen LogP contribution >= 0.6 is 0 Å². The maximum Gasteiger partial charge on any atom is 0.147 e. The highest BCUT2D eigenvalue weighted by Gasteiger charge is 2.22. The van der Waals surface area contributed by atoms with E-state index in [0.717, 1.165) is 24.7 Å². The zero-order valence-electron chi connectivity index (χ0n) is 10.6. The van der Waals surface area contributed by atoms with E-state index in [0.29, 0.717) is 6.04 Å². The van der Waals surface area contributed by atoms with Crippen LogP contribution in [0.3, 0.4) is 0 Å². The van der Waals surface area contributed by atoms with E-state index in [1.54, 1.807) is 12.4 Å². The molecule has 1 unspecified atom stereocenters. The molecule has 1 aliphatic rings. The van der Waals surface area contributed by atoms with Crippen molar-refractivity contribution in [2.24, 2.45) is 0 Å². The van der Waals surface area contributed by atoms with E-state index >= 15 is 0 Å². The molecule has 0 saturated carbocycles. The van der Waals surface area contributed by atoms with E-state index in [2.05, 4.69) is 32.4 Å². The van der Waals surface area contributed by atoms with Gasteiger partial charge in [0, 0.05) is 19.6 Å². The van der Waals surface area contributed by atoms with Crippen molar-refractivity contribution in [3.63, 3.8) is 0 Å². The van der Waals surface area contributed by atoms with Crippen LogP contribution in [0.4, 0.5) is 11.6 Å². The molecule has 2 heterocycles. The Hall–Kier alpha value is -1.36. The lowest BCUT2D eigenvalue weighted by atomic mass is 10.2. The highest BCUT2D eigenvalue weighted by molar-refractivity contribution is 5.41. The minimum absolute atomic E-state index is 0.639. The summed E-state index contributed by atoms with van der Waals surface area (Å²) in [6.45, 7) is 5.54. The first-order valence-corrected chi connectivity index (χ1v) is 6.31. The molecule has 2 N–H and O–H groups in total. The molecule has 0 radical (unpaired) electrons. The van der Waals surface area contributed by atoms with E-state index in [4.69, 9.17) is 0 Å². The van der Waals surface area contributed by atoms with Gasteiger partial charge in [0.05, 0.1) is 12.4 Å². The molecule has 1 aromatic rings. The van der Waals surface area contributed by atoms with Gasteiger partial charge in [0.15, 0.2) is 0 Å². The molecule has 17 heavy (non-hydrogen) atoms. The number of anilines is 2. The highest BCUT2D eigenvalue weighted by Crippen LogP contribution is 2.17. The third-order valence-electron chi connectivity index (χ3n) is 3.31. The molecule has 1 atom stereocenters. The fourth-order valence-electron chi connectivity index (χ4n) is 2.34. The van der Waals surface area contributed by atoms with Gasteiger partial charge in [-0.1, -0.05) is 6.92 Å². The molecular formula is C12H21N5. The van der Waals surface area contributed by atoms with Gasteiger partial charge in [0.25, 0.3) is 0 Å². The van der Waals surface area contributed by atoms with Crippen molar-refractivity contribution >= 4 is 11.6 Å². The number of hydrogen-bond donors (Lipinski definition) is 2. The lowest BCUT2D eigenvalue weighted by molar-refractivity contribution is 0.277. The predicted octanol–water partition coefficient (Wildman–Crippen LogP) is 1.41. The molecule has 94 valence electrons. The standard InChI is InChI=1S/C12H21N5/c1-3-17-6-4-5-10(17)7-15-12-9-14-8-11(13-2)16-12/h8-10H,3-7H2,1-2H3,(H2,13,15,16). The minimum atomic E-state index is 0.639. The normalized spacial score (nSPS) is 20.5. The molecule has 0 bridgehead atoms. The van der Waals surface area contributed by atoms with Gasteiger partial charge in [0.1, 0.15) is 11.6 Å². The van der Waals surface area contributed by atoms with E-state index in [1.165, 1.54) is 19.4 Å². The summed E-state index contributed by atoms with van der Waals surface area (Å²) in [6, 6.07) is 0.639. The van der Waals surface area contributed by atoms with Crippen molar-refractivity contribution in [2.75, 3.05) is 37.3 Å². The fourth-order valence-corrected chi connectivity index (χ4v) is 2.34. The summed E-state index contributed by atoms with van der Waals surface area (Å²) in [5.74, 6) is 1.65. The molecule has 5 nitrogen and oxygen atoms in total. The largest absolute Gasteiger partial charge is 0.372 e. The van der Waals surface area contributed by atoms with Crippen LogP contribution in [0.2, 0.25) is 0 Å². The molecular weight excluding hydrogens is 214 g/mol. The van der Waals surface area contributed by atoms with Crippen LogP contribution in [0.25, 0.3) is 0 Å². The average Bonchev–Trinajstić information content (AvgIpc) is 2.84. The number of nitrogens with one attached hydrogen (secondary N) is 2. The van der Waals surface area contributed by atoms with E-state index in [9.17, 15) is 0 Å². The molecule has 5 heteroatoms. The molecule has 1 aliphatic heterocycles. The van der Waals surface area contributed by atoms with Gasteiger partial charge in [-0.25, -0.2) is 4.98 Å². The van der Waals surface area contributed by atoms with Gasteiger partial charge in [-0.2, -0.15) is 0 Å². The number of hydrogen-bond acceptors (Lipinski definition) is 5. The molecule has 0 spiro atoms. The van der Waals surface area contributed by atoms with Gasteiger partial charge in [-0.15, -0.1) is 0 Å². The summed E-state index contributed by atoms with van der Waals surface area (Å²) < 4.78 is 0. The van der Waals surface area contributed by atoms with Crippen LogP contribution in [0, 0.1) is 0 Å². The first kappa shape index (κ1) is 12.1. The van der Waals surface area contributed by atoms with Crippen molar-refractivity contribution in [2.45, 2.75) is 25.8 Å². The van der Waals surface area contributed by atoms with Gasteiger partial charge in [-0.05, 0) is 25.9 Å². The minimum Gasteiger partial charge on any atom is -0.372 e. The smallest absolute Gasteiger partial charge is 0.147 e. The summed E-state index contributed by atoms with van der Waals surface area (Å²) in [7, 11) is 1.85. The summed E-state index contributed by atoms with van der Waals surface area (Å²) in [4.78, 5) is 11.1. The van der Waals surface area contributed by atoms with E-state index in [-0.39, 0.29) is 0 Å². The maximum atomic E-state index is 4.40. The van der Waals surface area contributed by atoms with Gasteiger partial charge < -0.3 is 10.6 Å². The number of nitrogens with zero attached hydrogens (tertiary/aromatic N) is 3. The second kappa shape index (κ2) is 5.82. The van der Waals surface area contributed by atoms with Crippen molar-refractivity contribution in [1.29, 1.82) is 0 Å². The molecule has 1 saturated heterocycles. The highest BCUT2D eigenvalue weighted by atomic mass is 15.2. The third kappa shape index (κ3) is 3.06. The van der Waals surface area contributed by atoms with Gasteiger partial charge >= 0.3 is 0 Å². The van der Waals surface area contributed by atoms with Crippen LogP contribution in [-0.4, -0.2) is 47.6 Å². The number of likely N-dealkylation sites (tertiary alicyclic amines) is 1. The molecule has 2 rings (SSSR count). The van der Waals surface area contributed by atoms with Crippen LogP contribution in [0.5, 0.6) is 0 Å². The molecule has 0 aliphatic carbocycles. The van der Waals surface area contributed by atoms with Crippen LogP contribution < -0.4 is 10.6 Å². The Morgan fingerprint density at radius 2 is 2.24 bits per heavy atom. The maximum absolute atomic E-state index is 4.40. The summed E-state index contributed by atoms with van der Waals surface area (Å²) in [5, 5.41) is 6.36. The predicted molar refractivity (Wildman–Crippen MR) is 70.3 cm³/mol. The van der Waals surface area contributed by atoms with Crippen molar-refractivity contribution in [1.82, 2.24) is 14.9 Å². The van der Waals surface area contributed by atoms with Crippen molar-refractivity contribution < 1.29 is 0 Å². The Balaban J connectivity index is 1.88. The van der Waals surface area contributed by atoms with E-state index < -0.39 is 0 Å². The first-order valence-electron chi connectivity index (χ1n) is 6.31. The number of aromatic nitrogens is 2. The zero-order chi connectivity index (χ0) is 12.1. The third-order valence-corrected chi connectivity index (χ3v) is 3.31. The van der Waals surface area contributed by atoms with Gasteiger partial charge in [-0.3, -0.25) is 9.88 Å². The Kier molecular flexibility index (Phi) is 4.14. The Morgan fingerprint density at radius 3 is 3.00 bits per heavy atom. The lowest BCUT2D eigenvalue weighted by Gasteiger charge is -2.23. The Labute approximate surface area is 103 Å². The van der Waals surface area contributed by atoms with Crippen LogP contribution in [0.15, 0.2) is 12.4 Å². The summed E-state index contributed by atoms with van der Waals surface area (Å²) in [6.07, 6.45) is 6.08. The number of rotatable bonds is 5. The van der Waals surface area contributed by atoms with Crippen LogP contribution in [0.1, 0.15) is 19.8 Å². The zero-order valence-corrected chi connectivity index (χ0v) is 10.6. The van der Waals surface area contributed by atoms with Gasteiger partial charge in [0.2, 0.25) is 0 Å². The Morgan fingerprint density at radius 1 is 1.41 bits per heavy atom. The van der Waals surface area contributed by atoms with E-state index in [1.807, 2.05) is 7.05 Å². The summed E-state index contributed by atoms with van der Waals surface area (Å²) in [5.41, 5.74) is 0. The quantitative estimate of drug-likeness (QED) is 0.808. The molecule has 1 aromatic heterocycles. The molecule has 0 aromatic carbocycles. The fraction of sp³-hybridized carbons (Fsp3) is 0.667. The lowest BCUT2D eigenvalue weighted by Crippen LogP contribution is -2.34. The number of likely N-dealkylation sites (N-methyl/N-ethyl adjacent to an activating group) is 1. The van der Waals surface area contributed by atoms with Crippen molar-refractivity contribution in [3.8, 4) is 0 Å². The Bertz CT molecular complexity index is 355. The monoisotopic (exact) mass is 235 g/mol. The van der Waals surface area contributed by atoms with Crippen LogP contribution in [-0.2, 0) is 0 Å². The topological polar surface area (TPSA) is 53.1 Å². The second-order valence-electron chi connectivity index (χ2n) is 4.35. The average molecular weight is 235 g/mol. The summed E-state index contributed by atoms with van der Waals surface area (Å²) >= 11 is 0. The molecule has 1 fully saturated rings. The second-order valence-corrected chi connectivity index (χ2v) is 4.35. The molecule has 0 amide bonds. The SMILES string of the molecule is CCN1CCCC1CNc1cncc(NC)n1.